The largest absolute Gasteiger partial charge is 0.493 e. The number of rotatable bonds is 8. The van der Waals surface area contributed by atoms with Crippen molar-refractivity contribution >= 4 is 34.9 Å². The monoisotopic (exact) mass is 624 g/mol. The maximum atomic E-state index is 14.6. The van der Waals surface area contributed by atoms with Gasteiger partial charge in [-0.1, -0.05) is 49.2 Å². The molecule has 1 saturated carbocycles. The molecule has 5 nitrogen and oxygen atoms in total. The molecule has 3 atom stereocenters. The summed E-state index contributed by atoms with van der Waals surface area (Å²) in [4.78, 5) is 17.3. The van der Waals surface area contributed by atoms with Crippen molar-refractivity contribution in [1.82, 2.24) is 4.98 Å². The van der Waals surface area contributed by atoms with Crippen LogP contribution in [0.3, 0.4) is 0 Å². The predicted molar refractivity (Wildman–Crippen MR) is 169 cm³/mol. The van der Waals surface area contributed by atoms with E-state index in [4.69, 9.17) is 27.9 Å². The first kappa shape index (κ1) is 30.2. The molecule has 43 heavy (non-hydrogen) atoms. The Morgan fingerprint density at radius 2 is 1.98 bits per heavy atom. The number of carboxylic acids is 1. The van der Waals surface area contributed by atoms with Gasteiger partial charge in [-0.25, -0.2) is 9.18 Å². The third-order valence-electron chi connectivity index (χ3n) is 10.4. The lowest BCUT2D eigenvalue weighted by atomic mass is 9.59. The predicted octanol–water partition coefficient (Wildman–Crippen LogP) is 8.99. The highest BCUT2D eigenvalue weighted by Crippen LogP contribution is 2.57. The fourth-order valence-electron chi connectivity index (χ4n) is 8.12. The van der Waals surface area contributed by atoms with E-state index in [9.17, 15) is 14.3 Å². The van der Waals surface area contributed by atoms with Crippen molar-refractivity contribution in [2.45, 2.75) is 88.5 Å². The number of aliphatic carboxylic acids is 1. The molecule has 0 saturated heterocycles. The van der Waals surface area contributed by atoms with Crippen LogP contribution in [0.4, 0.5) is 10.1 Å². The van der Waals surface area contributed by atoms with Crippen LogP contribution < -0.4 is 10.1 Å². The highest BCUT2D eigenvalue weighted by atomic mass is 35.5. The second-order valence-corrected chi connectivity index (χ2v) is 13.9. The van der Waals surface area contributed by atoms with E-state index in [2.05, 4.69) is 24.1 Å². The van der Waals surface area contributed by atoms with Gasteiger partial charge in [0.05, 0.1) is 11.6 Å². The first-order valence-electron chi connectivity index (χ1n) is 15.5. The number of aryl methyl sites for hydroxylation is 1. The minimum Gasteiger partial charge on any atom is -0.493 e. The number of carboxylic acid groups (broad SMARTS) is 1. The van der Waals surface area contributed by atoms with Gasteiger partial charge in [0.2, 0.25) is 0 Å². The minimum atomic E-state index is -1.11. The summed E-state index contributed by atoms with van der Waals surface area (Å²) < 4.78 is 21.1. The molecule has 1 heterocycles. The molecule has 0 aliphatic heterocycles. The molecule has 3 aliphatic rings. The summed E-state index contributed by atoms with van der Waals surface area (Å²) in [5.41, 5.74) is 3.66. The lowest BCUT2D eigenvalue weighted by Crippen LogP contribution is -2.53. The van der Waals surface area contributed by atoms with E-state index in [0.29, 0.717) is 55.3 Å². The number of nitrogens with zero attached hydrogens (tertiary/aromatic N) is 1. The molecule has 0 radical (unpaired) electrons. The van der Waals surface area contributed by atoms with Crippen LogP contribution in [0.2, 0.25) is 10.0 Å². The Labute approximate surface area is 263 Å². The maximum absolute atomic E-state index is 14.6. The molecular weight excluding hydrogens is 586 g/mol. The van der Waals surface area contributed by atoms with Gasteiger partial charge in [-0.15, -0.1) is 0 Å². The number of hydrogen-bond donors (Lipinski definition) is 2. The number of anilines is 1. The van der Waals surface area contributed by atoms with E-state index >= 15 is 0 Å². The van der Waals surface area contributed by atoms with Crippen LogP contribution in [0.1, 0.15) is 87.1 Å². The molecule has 0 unspecified atom stereocenters. The summed E-state index contributed by atoms with van der Waals surface area (Å²) in [5.74, 6) is 0.537. The van der Waals surface area contributed by atoms with Crippen LogP contribution in [-0.4, -0.2) is 28.2 Å². The molecule has 3 aliphatic carbocycles. The van der Waals surface area contributed by atoms with Gasteiger partial charge in [-0.2, -0.15) is 0 Å². The van der Waals surface area contributed by atoms with E-state index in [0.717, 1.165) is 48.3 Å². The van der Waals surface area contributed by atoms with Crippen LogP contribution in [0, 0.1) is 17.7 Å². The van der Waals surface area contributed by atoms with Crippen molar-refractivity contribution in [2.75, 3.05) is 11.9 Å². The zero-order chi connectivity index (χ0) is 30.4. The van der Waals surface area contributed by atoms with Crippen molar-refractivity contribution in [2.24, 2.45) is 11.8 Å². The van der Waals surface area contributed by atoms with E-state index in [1.165, 1.54) is 11.6 Å². The zero-order valence-electron chi connectivity index (χ0n) is 24.8. The molecule has 3 aromatic rings. The van der Waals surface area contributed by atoms with Crippen LogP contribution in [0.15, 0.2) is 48.7 Å². The number of carbonyl (C=O) groups is 1. The third kappa shape index (κ3) is 5.62. The van der Waals surface area contributed by atoms with Gasteiger partial charge < -0.3 is 15.2 Å². The Balaban J connectivity index is 1.23. The molecule has 0 amide bonds. The summed E-state index contributed by atoms with van der Waals surface area (Å²) in [6.07, 6.45) is 8.90. The summed E-state index contributed by atoms with van der Waals surface area (Å²) in [6.45, 7) is 5.03. The molecule has 1 aromatic heterocycles. The fraction of sp³-hybridized carbons (Fsp3) is 0.486. The van der Waals surface area contributed by atoms with Gasteiger partial charge >= 0.3 is 5.97 Å². The fourth-order valence-corrected chi connectivity index (χ4v) is 8.55. The second kappa shape index (κ2) is 11.9. The van der Waals surface area contributed by atoms with Crippen LogP contribution >= 0.6 is 23.2 Å². The van der Waals surface area contributed by atoms with Gasteiger partial charge in [0, 0.05) is 28.2 Å². The SMILES string of the molecule is C[C@@H](COc1ccnc2c1[C@H](C)CCC2)C[C@H]1Cc2c(ccc(F)c2Cl)C12CCC(Nc1cccc(Cl)c1)(C(=O)O)CC2. The first-order chi connectivity index (χ1) is 20.6. The van der Waals surface area contributed by atoms with Crippen molar-refractivity contribution in [3.05, 3.63) is 86.9 Å². The Morgan fingerprint density at radius 1 is 1.19 bits per heavy atom. The molecule has 1 fully saturated rings. The molecular formula is C35H39Cl2FN2O3. The molecule has 1 spiro atoms. The molecule has 0 bridgehead atoms. The zero-order valence-corrected chi connectivity index (χ0v) is 26.3. The van der Waals surface area contributed by atoms with Gasteiger partial charge in [-0.3, -0.25) is 4.98 Å². The highest BCUT2D eigenvalue weighted by molar-refractivity contribution is 6.31. The number of fused-ring (bicyclic) bond motifs is 3. The van der Waals surface area contributed by atoms with Gasteiger partial charge in [-0.05, 0) is 122 Å². The molecule has 2 aromatic carbocycles. The van der Waals surface area contributed by atoms with E-state index < -0.39 is 17.3 Å². The average Bonchev–Trinajstić information content (AvgIpc) is 3.28. The van der Waals surface area contributed by atoms with E-state index in [1.54, 1.807) is 12.1 Å². The summed E-state index contributed by atoms with van der Waals surface area (Å²) in [7, 11) is 0. The van der Waals surface area contributed by atoms with Gasteiger partial charge in [0.1, 0.15) is 17.1 Å². The van der Waals surface area contributed by atoms with Gasteiger partial charge in [0.25, 0.3) is 0 Å². The van der Waals surface area contributed by atoms with E-state index in [1.807, 2.05) is 30.5 Å². The summed E-state index contributed by atoms with van der Waals surface area (Å²) in [6, 6.07) is 12.5. The Bertz CT molecular complexity index is 1520. The number of hydrogen-bond acceptors (Lipinski definition) is 4. The van der Waals surface area contributed by atoms with Crippen LogP contribution in [-0.2, 0) is 23.1 Å². The Morgan fingerprint density at radius 3 is 2.72 bits per heavy atom. The number of pyridine rings is 1. The number of ether oxygens (including phenoxy) is 1. The summed E-state index contributed by atoms with van der Waals surface area (Å²) >= 11 is 12.8. The van der Waals surface area contributed by atoms with Crippen LogP contribution in [0.5, 0.6) is 5.75 Å². The maximum Gasteiger partial charge on any atom is 0.329 e. The third-order valence-corrected chi connectivity index (χ3v) is 11.0. The minimum absolute atomic E-state index is 0.198. The molecule has 8 heteroatoms. The van der Waals surface area contributed by atoms with Crippen LogP contribution in [0.25, 0.3) is 0 Å². The number of aromatic nitrogens is 1. The molecule has 2 N–H and O–H groups in total. The Hall–Kier alpha value is -2.83. The highest BCUT2D eigenvalue weighted by Gasteiger charge is 2.54. The first-order valence-corrected chi connectivity index (χ1v) is 16.2. The normalized spacial score (nSPS) is 26.9. The Kier molecular flexibility index (Phi) is 8.38. The van der Waals surface area contributed by atoms with Crippen molar-refractivity contribution in [3.8, 4) is 5.75 Å². The second-order valence-electron chi connectivity index (χ2n) is 13.1. The molecule has 228 valence electrons. The molecule has 6 rings (SSSR count). The van der Waals surface area contributed by atoms with Crippen molar-refractivity contribution in [3.63, 3.8) is 0 Å². The quantitative estimate of drug-likeness (QED) is 0.262. The van der Waals surface area contributed by atoms with Crippen molar-refractivity contribution < 1.29 is 19.0 Å². The standard InChI is InChI=1S/C35H39Cl2FN2O3/c1-21(20-43-30-11-16-39-29-8-3-5-22(2)31(29)30)17-23-18-26-27(9-10-28(38)32(26)37)34(23)12-14-35(15-13-34,33(41)42)40-25-7-4-6-24(36)19-25/h4,6-7,9-11,16,19,21-23,40H,3,5,8,12-15,17-18,20H2,1-2H3,(H,41,42)/t21-,22-,23+,34?,35?/m1/s1. The summed E-state index contributed by atoms with van der Waals surface area (Å²) in [5, 5.41) is 14.5. The topological polar surface area (TPSA) is 71.5 Å². The smallest absolute Gasteiger partial charge is 0.329 e. The number of halogens is 3. The lowest BCUT2D eigenvalue weighted by Gasteiger charge is -2.47. The average molecular weight is 626 g/mol. The number of nitrogens with one attached hydrogen (secondary N) is 1. The van der Waals surface area contributed by atoms with Crippen molar-refractivity contribution in [1.29, 1.82) is 0 Å². The van der Waals surface area contributed by atoms with E-state index in [-0.39, 0.29) is 22.3 Å². The number of benzene rings is 2. The lowest BCUT2D eigenvalue weighted by molar-refractivity contribution is -0.144. The van der Waals surface area contributed by atoms with Gasteiger partial charge in [0.15, 0.2) is 0 Å².